The number of halogens is 1. The number of aryl methyl sites for hydroxylation is 1. The molecule has 0 bridgehead atoms. The third-order valence-electron chi connectivity index (χ3n) is 4.26. The summed E-state index contributed by atoms with van der Waals surface area (Å²) in [7, 11) is 3.96. The van der Waals surface area contributed by atoms with E-state index in [-0.39, 0.29) is 17.6 Å². The lowest BCUT2D eigenvalue weighted by Gasteiger charge is -2.11. The van der Waals surface area contributed by atoms with Crippen molar-refractivity contribution in [3.05, 3.63) is 58.6 Å². The van der Waals surface area contributed by atoms with Gasteiger partial charge in [0.2, 0.25) is 11.1 Å². The average Bonchev–Trinajstić information content (AvgIpc) is 3.09. The first-order valence-electron chi connectivity index (χ1n) is 9.29. The fourth-order valence-corrected chi connectivity index (χ4v) is 3.35. The number of nitrogens with two attached hydrogens (primary N) is 1. The molecule has 0 saturated heterocycles. The van der Waals surface area contributed by atoms with Gasteiger partial charge in [-0.1, -0.05) is 41.6 Å². The highest BCUT2D eigenvalue weighted by Crippen LogP contribution is 2.21. The summed E-state index contributed by atoms with van der Waals surface area (Å²) in [6.45, 7) is 1.89. The second kappa shape index (κ2) is 10.2. The number of hydrazone groups is 1. The molecule has 1 heterocycles. The maximum Gasteiger partial charge on any atom is 0.264 e. The summed E-state index contributed by atoms with van der Waals surface area (Å²) in [5.74, 6) is 6.17. The molecule has 0 aliphatic rings. The van der Waals surface area contributed by atoms with Gasteiger partial charge in [0.15, 0.2) is 0 Å². The van der Waals surface area contributed by atoms with Gasteiger partial charge < -0.3 is 16.1 Å². The lowest BCUT2D eigenvalue weighted by atomic mass is 10.2. The maximum atomic E-state index is 12.2. The third kappa shape index (κ3) is 6.12. The van der Waals surface area contributed by atoms with Gasteiger partial charge in [0.05, 0.1) is 12.0 Å². The lowest BCUT2D eigenvalue weighted by Crippen LogP contribution is -2.17. The summed E-state index contributed by atoms with van der Waals surface area (Å²) in [5.41, 5.74) is 6.37. The molecule has 31 heavy (non-hydrogen) atoms. The monoisotopic (exact) mass is 458 g/mol. The van der Waals surface area contributed by atoms with Crippen LogP contribution in [0, 0.1) is 6.92 Å². The Morgan fingerprint density at radius 2 is 2.00 bits per heavy atom. The van der Waals surface area contributed by atoms with E-state index in [1.54, 1.807) is 18.3 Å². The Bertz CT molecular complexity index is 1080. The van der Waals surface area contributed by atoms with Gasteiger partial charge in [0.1, 0.15) is 0 Å². The number of aromatic nitrogens is 3. The summed E-state index contributed by atoms with van der Waals surface area (Å²) in [6.07, 6.45) is 1.65. The van der Waals surface area contributed by atoms with E-state index in [9.17, 15) is 4.79 Å². The molecule has 0 radical (unpaired) electrons. The molecular weight excluding hydrogens is 436 g/mol. The molecule has 0 atom stereocenters. The number of amides is 1. The van der Waals surface area contributed by atoms with Crippen molar-refractivity contribution < 1.29 is 4.79 Å². The highest BCUT2D eigenvalue weighted by atomic mass is 35.5. The van der Waals surface area contributed by atoms with Crippen LogP contribution in [0.15, 0.2) is 52.7 Å². The number of anilines is 3. The highest BCUT2D eigenvalue weighted by Gasteiger charge is 2.13. The summed E-state index contributed by atoms with van der Waals surface area (Å²) in [6, 6.07) is 13.2. The van der Waals surface area contributed by atoms with Gasteiger partial charge in [0, 0.05) is 30.5 Å². The van der Waals surface area contributed by atoms with E-state index in [0.717, 1.165) is 28.6 Å². The molecule has 162 valence electrons. The molecule has 0 aliphatic heterocycles. The van der Waals surface area contributed by atoms with E-state index in [4.69, 9.17) is 17.4 Å². The Labute approximate surface area is 189 Å². The van der Waals surface area contributed by atoms with Crippen LogP contribution in [0.1, 0.15) is 11.1 Å². The fraction of sp³-hybridized carbons (Fsp3) is 0.200. The molecule has 2 aromatic carbocycles. The smallest absolute Gasteiger partial charge is 0.264 e. The van der Waals surface area contributed by atoms with Crippen LogP contribution in [0.25, 0.3) is 0 Å². The van der Waals surface area contributed by atoms with E-state index >= 15 is 0 Å². The molecule has 0 unspecified atom stereocenters. The van der Waals surface area contributed by atoms with Gasteiger partial charge in [-0.15, -0.1) is 10.2 Å². The summed E-state index contributed by atoms with van der Waals surface area (Å²) in [5, 5.41) is 15.8. The first kappa shape index (κ1) is 22.4. The minimum atomic E-state index is -0.202. The highest BCUT2D eigenvalue weighted by molar-refractivity contribution is 7.99. The minimum absolute atomic E-state index is 0.114. The van der Waals surface area contributed by atoms with Crippen LogP contribution in [0.4, 0.5) is 17.3 Å². The van der Waals surface area contributed by atoms with Gasteiger partial charge in [-0.3, -0.25) is 4.79 Å². The molecule has 3 rings (SSSR count). The number of thioether (sulfide) groups is 1. The van der Waals surface area contributed by atoms with Crippen LogP contribution in [0.2, 0.25) is 5.02 Å². The van der Waals surface area contributed by atoms with E-state index in [1.807, 2.05) is 56.3 Å². The topological polar surface area (TPSA) is 113 Å². The van der Waals surface area contributed by atoms with Gasteiger partial charge in [-0.2, -0.15) is 5.10 Å². The molecule has 0 fully saturated rings. The number of rotatable bonds is 8. The van der Waals surface area contributed by atoms with E-state index < -0.39 is 0 Å². The maximum absolute atomic E-state index is 12.2. The number of carbonyl (C=O) groups excluding carboxylic acids is 1. The Kier molecular flexibility index (Phi) is 7.37. The standard InChI is InChI=1S/C20H23ClN8OS/c1-13-4-7-15(21)10-17(13)24-18(30)12-31-20-27-26-19(29(20)22)25-23-11-14-5-8-16(9-6-14)28(2)3/h4-11H,12,22H2,1-3H3,(H,24,30)(H,25,26)/b23-11+. The Morgan fingerprint density at radius 3 is 2.71 bits per heavy atom. The average molecular weight is 459 g/mol. The summed E-state index contributed by atoms with van der Waals surface area (Å²) in [4.78, 5) is 14.3. The van der Waals surface area contributed by atoms with Crippen LogP contribution in [0.3, 0.4) is 0 Å². The predicted molar refractivity (Wildman–Crippen MR) is 128 cm³/mol. The van der Waals surface area contributed by atoms with Gasteiger partial charge in [-0.05, 0) is 42.3 Å². The van der Waals surface area contributed by atoms with Crippen LogP contribution < -0.4 is 21.5 Å². The van der Waals surface area contributed by atoms with Crippen molar-refractivity contribution in [1.29, 1.82) is 0 Å². The van der Waals surface area contributed by atoms with Gasteiger partial charge in [0.25, 0.3) is 5.95 Å². The molecule has 0 aliphatic carbocycles. The number of nitrogens with one attached hydrogen (secondary N) is 2. The van der Waals surface area contributed by atoms with Crippen LogP contribution in [-0.4, -0.2) is 46.8 Å². The van der Waals surface area contributed by atoms with Crippen LogP contribution in [-0.2, 0) is 4.79 Å². The summed E-state index contributed by atoms with van der Waals surface area (Å²) < 4.78 is 1.25. The molecule has 4 N–H and O–H groups in total. The molecule has 0 spiro atoms. The number of nitrogens with zero attached hydrogens (tertiary/aromatic N) is 5. The number of carbonyl (C=O) groups is 1. The SMILES string of the molecule is Cc1ccc(Cl)cc1NC(=O)CSc1nnc(N/N=C/c2ccc(N(C)C)cc2)n1N. The number of hydrogen-bond acceptors (Lipinski definition) is 8. The van der Waals surface area contributed by atoms with Crippen LogP contribution >= 0.6 is 23.4 Å². The second-order valence-corrected chi connectivity index (χ2v) is 8.21. The Balaban J connectivity index is 1.53. The third-order valence-corrected chi connectivity index (χ3v) is 5.44. The molecule has 3 aromatic rings. The lowest BCUT2D eigenvalue weighted by molar-refractivity contribution is -0.113. The van der Waals surface area contributed by atoms with Crippen molar-refractivity contribution in [2.75, 3.05) is 41.3 Å². The second-order valence-electron chi connectivity index (χ2n) is 6.83. The number of benzene rings is 2. The zero-order valence-corrected chi connectivity index (χ0v) is 18.9. The fourth-order valence-electron chi connectivity index (χ4n) is 2.52. The Hall–Kier alpha value is -3.24. The van der Waals surface area contributed by atoms with Crippen molar-refractivity contribution in [3.8, 4) is 0 Å². The normalized spacial score (nSPS) is 11.0. The van der Waals surface area contributed by atoms with E-state index in [2.05, 4.69) is 26.0 Å². The number of nitrogen functional groups attached to an aromatic ring is 1. The zero-order valence-electron chi connectivity index (χ0n) is 17.3. The quantitative estimate of drug-likeness (QED) is 0.205. The van der Waals surface area contributed by atoms with Crippen molar-refractivity contribution in [1.82, 2.24) is 14.9 Å². The molecule has 9 nitrogen and oxygen atoms in total. The summed E-state index contributed by atoms with van der Waals surface area (Å²) >= 11 is 7.14. The van der Waals surface area contributed by atoms with Crippen molar-refractivity contribution in [2.45, 2.75) is 12.1 Å². The van der Waals surface area contributed by atoms with Gasteiger partial charge >= 0.3 is 0 Å². The van der Waals surface area contributed by atoms with Gasteiger partial charge in [-0.25, -0.2) is 10.1 Å². The van der Waals surface area contributed by atoms with E-state index in [1.165, 1.54) is 4.68 Å². The Morgan fingerprint density at radius 1 is 1.26 bits per heavy atom. The molecule has 11 heteroatoms. The minimum Gasteiger partial charge on any atom is -0.378 e. The predicted octanol–water partition coefficient (Wildman–Crippen LogP) is 3.20. The molecule has 1 aromatic heterocycles. The zero-order chi connectivity index (χ0) is 22.4. The first-order valence-corrected chi connectivity index (χ1v) is 10.7. The molecule has 1 amide bonds. The van der Waals surface area contributed by atoms with Crippen molar-refractivity contribution >= 4 is 52.8 Å². The number of hydrogen-bond donors (Lipinski definition) is 3. The largest absolute Gasteiger partial charge is 0.378 e. The van der Waals surface area contributed by atoms with Crippen molar-refractivity contribution in [3.63, 3.8) is 0 Å². The van der Waals surface area contributed by atoms with E-state index in [0.29, 0.717) is 15.9 Å². The molecule has 0 saturated carbocycles. The first-order chi connectivity index (χ1) is 14.8. The van der Waals surface area contributed by atoms with Crippen LogP contribution in [0.5, 0.6) is 0 Å². The van der Waals surface area contributed by atoms with Crippen molar-refractivity contribution in [2.24, 2.45) is 5.10 Å². The molecular formula is C20H23ClN8OS.